The molecule has 0 spiro atoms. The molecule has 2 rings (SSSR count). The van der Waals surface area contributed by atoms with Gasteiger partial charge in [-0.05, 0) is 29.8 Å². The van der Waals surface area contributed by atoms with Crippen molar-refractivity contribution < 1.29 is 9.90 Å². The predicted molar refractivity (Wildman–Crippen MR) is 88.7 cm³/mol. The van der Waals surface area contributed by atoms with Crippen molar-refractivity contribution in [2.75, 3.05) is 5.32 Å². The molecule has 0 aromatic heterocycles. The zero-order valence-electron chi connectivity index (χ0n) is 12.1. The van der Waals surface area contributed by atoms with E-state index in [0.29, 0.717) is 17.3 Å². The van der Waals surface area contributed by atoms with Gasteiger partial charge in [-0.15, -0.1) is 0 Å². The molecule has 1 amide bonds. The van der Waals surface area contributed by atoms with Crippen LogP contribution in [-0.4, -0.2) is 11.0 Å². The Hall–Kier alpha value is -2.97. The van der Waals surface area contributed by atoms with Crippen LogP contribution in [0.2, 0.25) is 5.02 Å². The van der Waals surface area contributed by atoms with E-state index in [0.717, 1.165) is 5.56 Å². The van der Waals surface area contributed by atoms with E-state index in [1.54, 1.807) is 24.3 Å². The van der Waals surface area contributed by atoms with Gasteiger partial charge in [0.25, 0.3) is 5.91 Å². The Morgan fingerprint density at radius 2 is 2.04 bits per heavy atom. The lowest BCUT2D eigenvalue weighted by molar-refractivity contribution is -0.112. The van der Waals surface area contributed by atoms with Crippen molar-refractivity contribution in [2.45, 2.75) is 6.54 Å². The van der Waals surface area contributed by atoms with E-state index < -0.39 is 5.91 Å². The summed E-state index contributed by atoms with van der Waals surface area (Å²) in [4.78, 5) is 12.0. The molecule has 2 aromatic carbocycles. The standard InChI is InChI=1S/C17H14ClN3O2/c18-14-4-1-3-12(7-14)10-20-11-13(9-19)17(23)21-15-5-2-6-16(22)8-15/h1-8,11,20,22H,10H2,(H,21,23)/b13-11-. The van der Waals surface area contributed by atoms with Crippen molar-refractivity contribution in [3.63, 3.8) is 0 Å². The van der Waals surface area contributed by atoms with E-state index in [4.69, 9.17) is 16.9 Å². The summed E-state index contributed by atoms with van der Waals surface area (Å²) < 4.78 is 0. The third kappa shape index (κ3) is 5.06. The van der Waals surface area contributed by atoms with Crippen LogP contribution in [0.1, 0.15) is 5.56 Å². The molecule has 0 saturated carbocycles. The quantitative estimate of drug-likeness (QED) is 0.581. The minimum atomic E-state index is -0.559. The van der Waals surface area contributed by atoms with E-state index in [1.807, 2.05) is 18.2 Å². The van der Waals surface area contributed by atoms with E-state index in [-0.39, 0.29) is 11.3 Å². The zero-order valence-corrected chi connectivity index (χ0v) is 12.8. The Kier molecular flexibility index (Phi) is 5.61. The van der Waals surface area contributed by atoms with Gasteiger partial charge >= 0.3 is 0 Å². The van der Waals surface area contributed by atoms with Crippen LogP contribution in [0, 0.1) is 11.3 Å². The summed E-state index contributed by atoms with van der Waals surface area (Å²) in [6.45, 7) is 0.436. The van der Waals surface area contributed by atoms with Gasteiger partial charge < -0.3 is 15.7 Å². The van der Waals surface area contributed by atoms with Crippen LogP contribution in [-0.2, 0) is 11.3 Å². The molecule has 0 unspecified atom stereocenters. The van der Waals surface area contributed by atoms with Crippen LogP contribution in [0.5, 0.6) is 5.75 Å². The van der Waals surface area contributed by atoms with Crippen molar-refractivity contribution in [1.29, 1.82) is 5.26 Å². The minimum absolute atomic E-state index is 0.0318. The number of carbonyl (C=O) groups is 1. The van der Waals surface area contributed by atoms with Crippen LogP contribution in [0.3, 0.4) is 0 Å². The van der Waals surface area contributed by atoms with Crippen molar-refractivity contribution >= 4 is 23.2 Å². The Bertz CT molecular complexity index is 781. The molecular weight excluding hydrogens is 314 g/mol. The van der Waals surface area contributed by atoms with Crippen LogP contribution in [0.25, 0.3) is 0 Å². The molecule has 0 saturated heterocycles. The number of hydrogen-bond acceptors (Lipinski definition) is 4. The third-order valence-corrected chi connectivity index (χ3v) is 3.15. The molecule has 0 aliphatic rings. The fourth-order valence-corrected chi connectivity index (χ4v) is 2.06. The molecule has 3 N–H and O–H groups in total. The summed E-state index contributed by atoms with van der Waals surface area (Å²) in [6.07, 6.45) is 1.35. The largest absolute Gasteiger partial charge is 0.508 e. The number of phenolic OH excluding ortho intramolecular Hbond substituents is 1. The number of halogens is 1. The number of hydrogen-bond donors (Lipinski definition) is 3. The van der Waals surface area contributed by atoms with Gasteiger partial charge in [-0.2, -0.15) is 5.26 Å². The lowest BCUT2D eigenvalue weighted by Crippen LogP contribution is -2.16. The molecule has 116 valence electrons. The maximum absolute atomic E-state index is 12.0. The van der Waals surface area contributed by atoms with Crippen molar-refractivity contribution in [2.24, 2.45) is 0 Å². The Labute approximate surface area is 138 Å². The highest BCUT2D eigenvalue weighted by molar-refractivity contribution is 6.30. The number of phenols is 1. The molecular formula is C17H14ClN3O2. The first-order valence-electron chi connectivity index (χ1n) is 6.77. The number of aromatic hydroxyl groups is 1. The number of amides is 1. The smallest absolute Gasteiger partial charge is 0.267 e. The second-order valence-electron chi connectivity index (χ2n) is 4.69. The van der Waals surface area contributed by atoms with Gasteiger partial charge in [-0.25, -0.2) is 0 Å². The first-order chi connectivity index (χ1) is 11.1. The monoisotopic (exact) mass is 327 g/mol. The normalized spacial score (nSPS) is 10.7. The lowest BCUT2D eigenvalue weighted by Gasteiger charge is -2.06. The Morgan fingerprint density at radius 1 is 1.26 bits per heavy atom. The summed E-state index contributed by atoms with van der Waals surface area (Å²) in [5.41, 5.74) is 1.26. The highest BCUT2D eigenvalue weighted by Gasteiger charge is 2.09. The molecule has 2 aromatic rings. The minimum Gasteiger partial charge on any atom is -0.508 e. The van der Waals surface area contributed by atoms with Crippen molar-refractivity contribution in [3.8, 4) is 11.8 Å². The fourth-order valence-electron chi connectivity index (χ4n) is 1.85. The SMILES string of the molecule is N#C/C(=C/NCc1cccc(Cl)c1)C(=O)Nc1cccc(O)c1. The molecule has 0 bridgehead atoms. The second-order valence-corrected chi connectivity index (χ2v) is 5.12. The zero-order chi connectivity index (χ0) is 16.7. The first-order valence-corrected chi connectivity index (χ1v) is 7.15. The van der Waals surface area contributed by atoms with Gasteiger partial charge in [0.15, 0.2) is 0 Å². The van der Waals surface area contributed by atoms with Crippen LogP contribution in [0.15, 0.2) is 60.3 Å². The average molecular weight is 328 g/mol. The predicted octanol–water partition coefficient (Wildman–Crippen LogP) is 3.18. The average Bonchev–Trinajstić information content (AvgIpc) is 2.51. The number of nitrogens with zero attached hydrogens (tertiary/aromatic N) is 1. The summed E-state index contributed by atoms with van der Waals surface area (Å²) >= 11 is 5.89. The molecule has 0 fully saturated rings. The summed E-state index contributed by atoms with van der Waals surface area (Å²) in [5.74, 6) is -0.527. The topological polar surface area (TPSA) is 85.2 Å². The van der Waals surface area contributed by atoms with E-state index in [1.165, 1.54) is 18.3 Å². The molecule has 5 nitrogen and oxygen atoms in total. The number of anilines is 1. The second kappa shape index (κ2) is 7.87. The molecule has 0 aliphatic carbocycles. The maximum atomic E-state index is 12.0. The van der Waals surface area contributed by atoms with Gasteiger partial charge in [-0.1, -0.05) is 29.8 Å². The number of nitrogens with one attached hydrogen (secondary N) is 2. The lowest BCUT2D eigenvalue weighted by atomic mass is 10.2. The van der Waals surface area contributed by atoms with Gasteiger partial charge in [0.2, 0.25) is 0 Å². The van der Waals surface area contributed by atoms with Crippen molar-refractivity contribution in [1.82, 2.24) is 5.32 Å². The van der Waals surface area contributed by atoms with Crippen LogP contribution >= 0.6 is 11.6 Å². The summed E-state index contributed by atoms with van der Waals surface area (Å²) in [7, 11) is 0. The van der Waals surface area contributed by atoms with E-state index in [2.05, 4.69) is 10.6 Å². The van der Waals surface area contributed by atoms with E-state index >= 15 is 0 Å². The summed E-state index contributed by atoms with van der Waals surface area (Å²) in [5, 5.41) is 24.5. The highest BCUT2D eigenvalue weighted by Crippen LogP contribution is 2.16. The number of carbonyl (C=O) groups excluding carboxylic acids is 1. The number of nitriles is 1. The van der Waals surface area contributed by atoms with Gasteiger partial charge in [0, 0.05) is 29.5 Å². The van der Waals surface area contributed by atoms with E-state index in [9.17, 15) is 9.90 Å². The van der Waals surface area contributed by atoms with Crippen LogP contribution in [0.4, 0.5) is 5.69 Å². The van der Waals surface area contributed by atoms with Gasteiger partial charge in [0.1, 0.15) is 17.4 Å². The van der Waals surface area contributed by atoms with Gasteiger partial charge in [-0.3, -0.25) is 4.79 Å². The molecule has 0 radical (unpaired) electrons. The third-order valence-electron chi connectivity index (χ3n) is 2.91. The first kappa shape index (κ1) is 16.4. The highest BCUT2D eigenvalue weighted by atomic mass is 35.5. The molecule has 0 atom stereocenters. The Morgan fingerprint density at radius 3 is 2.74 bits per heavy atom. The van der Waals surface area contributed by atoms with Crippen molar-refractivity contribution in [3.05, 3.63) is 70.9 Å². The van der Waals surface area contributed by atoms with Crippen LogP contribution < -0.4 is 10.6 Å². The molecule has 23 heavy (non-hydrogen) atoms. The molecule has 0 aliphatic heterocycles. The van der Waals surface area contributed by atoms with Gasteiger partial charge in [0.05, 0.1) is 0 Å². The number of benzene rings is 2. The maximum Gasteiger partial charge on any atom is 0.267 e. The number of rotatable bonds is 5. The fraction of sp³-hybridized carbons (Fsp3) is 0.0588. The summed E-state index contributed by atoms with van der Waals surface area (Å²) in [6, 6.07) is 15.2. The molecule has 0 heterocycles. The Balaban J connectivity index is 1.98. The molecule has 6 heteroatoms.